The van der Waals surface area contributed by atoms with Gasteiger partial charge >= 0.3 is 0 Å². The molecule has 174 valence electrons. The molecule has 0 aromatic carbocycles. The molecule has 5 unspecified atom stereocenters. The van der Waals surface area contributed by atoms with Gasteiger partial charge in [0.05, 0.1) is 11.0 Å². The molecule has 0 aromatic heterocycles. The summed E-state index contributed by atoms with van der Waals surface area (Å²) in [5.41, 5.74) is 0.861. The van der Waals surface area contributed by atoms with Crippen LogP contribution >= 0.6 is 0 Å². The summed E-state index contributed by atoms with van der Waals surface area (Å²) < 4.78 is 6.85. The fourth-order valence-corrected chi connectivity index (χ4v) is 9.43. The summed E-state index contributed by atoms with van der Waals surface area (Å²) in [7, 11) is -1.74. The molecule has 3 saturated carbocycles. The molecular weight excluding hydrogens is 396 g/mol. The maximum atomic E-state index is 11.9. The Balaban J connectivity index is 1.58. The molecule has 4 aliphatic rings. The Morgan fingerprint density at radius 1 is 1.19 bits per heavy atom. The van der Waals surface area contributed by atoms with E-state index in [0.717, 1.165) is 32.1 Å². The number of allylic oxidation sites excluding steroid dienone is 1. The predicted molar refractivity (Wildman–Crippen MR) is 132 cm³/mol. The van der Waals surface area contributed by atoms with Crippen LogP contribution < -0.4 is 0 Å². The summed E-state index contributed by atoms with van der Waals surface area (Å²) in [6.07, 6.45) is 16.5. The van der Waals surface area contributed by atoms with E-state index in [-0.39, 0.29) is 15.9 Å². The van der Waals surface area contributed by atoms with Crippen LogP contribution in [0.5, 0.6) is 0 Å². The average Bonchev–Trinajstić information content (AvgIpc) is 2.87. The largest absolute Gasteiger partial charge is 0.414 e. The van der Waals surface area contributed by atoms with Crippen LogP contribution in [-0.2, 0) is 4.43 Å². The first-order valence-electron chi connectivity index (χ1n) is 12.8. The second-order valence-electron chi connectivity index (χ2n) is 13.5. The van der Waals surface area contributed by atoms with E-state index >= 15 is 0 Å². The number of rotatable bonds is 2. The third-order valence-corrected chi connectivity index (χ3v) is 15.4. The van der Waals surface area contributed by atoms with Gasteiger partial charge in [0.15, 0.2) is 8.32 Å². The van der Waals surface area contributed by atoms with Gasteiger partial charge in [-0.25, -0.2) is 0 Å². The van der Waals surface area contributed by atoms with Crippen LogP contribution in [-0.4, -0.2) is 25.1 Å². The van der Waals surface area contributed by atoms with Crippen LogP contribution in [0.1, 0.15) is 86.5 Å². The molecule has 0 bridgehead atoms. The summed E-state index contributed by atoms with van der Waals surface area (Å²) in [5.74, 6) is 5.11. The molecule has 3 heteroatoms. The predicted octanol–water partition coefficient (Wildman–Crippen LogP) is 6.95. The minimum Gasteiger partial charge on any atom is -0.414 e. The lowest BCUT2D eigenvalue weighted by atomic mass is 9.48. The third-order valence-electron chi connectivity index (χ3n) is 10.9. The third kappa shape index (κ3) is 3.34. The maximum Gasteiger partial charge on any atom is 0.192 e. The van der Waals surface area contributed by atoms with E-state index in [9.17, 15) is 5.11 Å². The van der Waals surface area contributed by atoms with Gasteiger partial charge in [-0.2, -0.15) is 0 Å². The topological polar surface area (TPSA) is 29.5 Å². The molecular formula is C28H46O2Si. The zero-order valence-electron chi connectivity index (χ0n) is 21.3. The molecule has 1 N–H and O–H groups in total. The van der Waals surface area contributed by atoms with Gasteiger partial charge in [0.1, 0.15) is 0 Å². The summed E-state index contributed by atoms with van der Waals surface area (Å²) in [5, 5.41) is 12.1. The summed E-state index contributed by atoms with van der Waals surface area (Å²) >= 11 is 0. The molecule has 4 aliphatic carbocycles. The second-order valence-corrected chi connectivity index (χ2v) is 18.3. The van der Waals surface area contributed by atoms with Crippen LogP contribution in [0.4, 0.5) is 0 Å². The normalized spacial score (nSPS) is 47.6. The van der Waals surface area contributed by atoms with Crippen molar-refractivity contribution in [3.63, 3.8) is 0 Å². The quantitative estimate of drug-likeness (QED) is 0.285. The van der Waals surface area contributed by atoms with E-state index in [1.165, 1.54) is 12.8 Å². The minimum atomic E-state index is -1.74. The van der Waals surface area contributed by atoms with Crippen molar-refractivity contribution < 1.29 is 9.53 Å². The van der Waals surface area contributed by atoms with E-state index in [0.29, 0.717) is 29.8 Å². The number of hydrogen-bond donors (Lipinski definition) is 1. The first-order valence-corrected chi connectivity index (χ1v) is 15.7. The number of aliphatic hydroxyl groups is 1. The maximum absolute atomic E-state index is 11.9. The van der Waals surface area contributed by atoms with Crippen LogP contribution in [0.25, 0.3) is 0 Å². The molecule has 0 radical (unpaired) electrons. The molecule has 0 saturated heterocycles. The van der Waals surface area contributed by atoms with Crippen LogP contribution in [0.2, 0.25) is 18.1 Å². The Morgan fingerprint density at radius 2 is 1.87 bits per heavy atom. The lowest BCUT2D eigenvalue weighted by molar-refractivity contribution is -0.142. The van der Waals surface area contributed by atoms with Gasteiger partial charge in [-0.3, -0.25) is 0 Å². The van der Waals surface area contributed by atoms with E-state index in [1.54, 1.807) is 5.57 Å². The van der Waals surface area contributed by atoms with Crippen LogP contribution in [0.3, 0.4) is 0 Å². The Labute approximate surface area is 192 Å². The Morgan fingerprint density at radius 3 is 2.48 bits per heavy atom. The van der Waals surface area contributed by atoms with Crippen molar-refractivity contribution in [2.45, 2.75) is 116 Å². The Kier molecular flexibility index (Phi) is 5.49. The molecule has 0 spiro atoms. The molecule has 31 heavy (non-hydrogen) atoms. The van der Waals surface area contributed by atoms with Gasteiger partial charge in [-0.05, 0) is 99.1 Å². The smallest absolute Gasteiger partial charge is 0.192 e. The number of fused-ring (bicyclic) bond motifs is 5. The van der Waals surface area contributed by atoms with Crippen LogP contribution in [0.15, 0.2) is 11.6 Å². The number of terminal acetylenes is 1. The zero-order chi connectivity index (χ0) is 23.0. The van der Waals surface area contributed by atoms with E-state index in [2.05, 4.69) is 66.6 Å². The van der Waals surface area contributed by atoms with Crippen molar-refractivity contribution in [2.24, 2.45) is 34.5 Å². The molecule has 0 aromatic rings. The number of hydrogen-bond acceptors (Lipinski definition) is 2. The highest BCUT2D eigenvalue weighted by molar-refractivity contribution is 6.74. The van der Waals surface area contributed by atoms with Gasteiger partial charge in [-0.15, -0.1) is 6.42 Å². The fraction of sp³-hybridized carbons (Fsp3) is 0.857. The standard InChI is InChI=1S/C28H46O2Si/c1-10-26(6)18-19(2)24-22-12-11-20-17-21(30-31(8,9)25(3,4)5)13-15-27(20,7)23(22)14-16-28(24,26)29/h1,11,19,21-24,29H,12-18H2,2-9H3/t19?,21-,22?,23?,24?,26?,27-,28+/m0/s1. The van der Waals surface area contributed by atoms with Crippen molar-refractivity contribution in [3.05, 3.63) is 11.6 Å². The molecule has 2 nitrogen and oxygen atoms in total. The first-order chi connectivity index (χ1) is 14.2. The molecule has 4 rings (SSSR count). The minimum absolute atomic E-state index is 0.260. The second kappa shape index (κ2) is 7.22. The highest BCUT2D eigenvalue weighted by Crippen LogP contribution is 2.67. The fourth-order valence-electron chi connectivity index (χ4n) is 8.04. The molecule has 0 amide bonds. The molecule has 3 fully saturated rings. The lowest BCUT2D eigenvalue weighted by Gasteiger charge is -2.59. The van der Waals surface area contributed by atoms with Gasteiger partial charge < -0.3 is 9.53 Å². The highest BCUT2D eigenvalue weighted by Gasteiger charge is 2.66. The van der Waals surface area contributed by atoms with Crippen molar-refractivity contribution in [1.29, 1.82) is 0 Å². The van der Waals surface area contributed by atoms with Gasteiger partial charge in [-0.1, -0.05) is 52.2 Å². The van der Waals surface area contributed by atoms with E-state index in [1.807, 2.05) is 0 Å². The van der Waals surface area contributed by atoms with Gasteiger partial charge in [0.25, 0.3) is 0 Å². The summed E-state index contributed by atoms with van der Waals surface area (Å²) in [6.45, 7) is 18.8. The summed E-state index contributed by atoms with van der Waals surface area (Å²) in [6, 6.07) is 0. The van der Waals surface area contributed by atoms with Gasteiger partial charge in [0.2, 0.25) is 0 Å². The van der Waals surface area contributed by atoms with E-state index < -0.39 is 13.9 Å². The van der Waals surface area contributed by atoms with Crippen LogP contribution in [0, 0.1) is 46.8 Å². The van der Waals surface area contributed by atoms with Crippen molar-refractivity contribution in [1.82, 2.24) is 0 Å². The van der Waals surface area contributed by atoms with E-state index in [4.69, 9.17) is 10.8 Å². The van der Waals surface area contributed by atoms with Crippen molar-refractivity contribution >= 4 is 8.32 Å². The van der Waals surface area contributed by atoms with Crippen molar-refractivity contribution in [3.8, 4) is 12.3 Å². The average molecular weight is 443 g/mol. The van der Waals surface area contributed by atoms with Crippen molar-refractivity contribution in [2.75, 3.05) is 0 Å². The summed E-state index contributed by atoms with van der Waals surface area (Å²) in [4.78, 5) is 0. The molecule has 0 heterocycles. The molecule has 8 atom stereocenters. The molecule has 0 aliphatic heterocycles. The Hall–Kier alpha value is -0.563. The highest BCUT2D eigenvalue weighted by atomic mass is 28.4. The lowest BCUT2D eigenvalue weighted by Crippen LogP contribution is -2.57. The Bertz CT molecular complexity index is 801. The SMILES string of the molecule is C#CC1(C)CC(C)C2C3CC=C4C[C@@H](O[Si](C)(C)C(C)(C)C)CC[C@]4(C)C3CC[C@@]21O. The zero-order valence-corrected chi connectivity index (χ0v) is 22.3. The van der Waals surface area contributed by atoms with Gasteiger partial charge in [0, 0.05) is 6.10 Å². The first kappa shape index (κ1) is 23.6. The monoisotopic (exact) mass is 442 g/mol.